The summed E-state index contributed by atoms with van der Waals surface area (Å²) >= 11 is 0. The molecule has 0 spiro atoms. The second-order valence-electron chi connectivity index (χ2n) is 6.79. The van der Waals surface area contributed by atoms with Gasteiger partial charge in [-0.05, 0) is 30.5 Å². The maximum atomic E-state index is 12.9. The molecule has 1 heterocycles. The topological polar surface area (TPSA) is 59.1 Å². The molecule has 1 aromatic carbocycles. The first-order chi connectivity index (χ1) is 11.9. The molecule has 0 aliphatic carbocycles. The Hall–Kier alpha value is -2.24. The highest BCUT2D eigenvalue weighted by molar-refractivity contribution is 5.96. The van der Waals surface area contributed by atoms with Crippen molar-refractivity contribution in [2.75, 3.05) is 40.4 Å². The fraction of sp³-hybridized carbons (Fsp3) is 0.579. The lowest BCUT2D eigenvalue weighted by Crippen LogP contribution is -2.50. The van der Waals surface area contributed by atoms with Crippen LogP contribution in [0, 0.1) is 12.8 Å². The van der Waals surface area contributed by atoms with Crippen molar-refractivity contribution in [1.82, 2.24) is 9.80 Å². The molecule has 6 heteroatoms. The summed E-state index contributed by atoms with van der Waals surface area (Å²) in [5.41, 5.74) is 1.46. The average molecular weight is 348 g/mol. The smallest absolute Gasteiger partial charge is 0.254 e. The van der Waals surface area contributed by atoms with E-state index in [-0.39, 0.29) is 11.8 Å². The molecule has 1 aromatic rings. The highest BCUT2D eigenvalue weighted by Gasteiger charge is 2.26. The molecule has 1 saturated heterocycles. The predicted octanol–water partition coefficient (Wildman–Crippen LogP) is 2.34. The Labute approximate surface area is 149 Å². The summed E-state index contributed by atoms with van der Waals surface area (Å²) in [6.07, 6.45) is 0.558. The number of methoxy groups -OCH3 is 2. The van der Waals surface area contributed by atoms with Crippen LogP contribution in [0.1, 0.15) is 36.2 Å². The summed E-state index contributed by atoms with van der Waals surface area (Å²) in [5.74, 6) is 1.64. The third kappa shape index (κ3) is 4.44. The van der Waals surface area contributed by atoms with E-state index in [9.17, 15) is 9.59 Å². The molecule has 0 radical (unpaired) electrons. The molecule has 25 heavy (non-hydrogen) atoms. The van der Waals surface area contributed by atoms with Gasteiger partial charge in [-0.3, -0.25) is 9.59 Å². The Morgan fingerprint density at radius 2 is 1.52 bits per heavy atom. The van der Waals surface area contributed by atoms with Crippen LogP contribution in [0.2, 0.25) is 0 Å². The van der Waals surface area contributed by atoms with E-state index in [0.717, 1.165) is 5.56 Å². The summed E-state index contributed by atoms with van der Waals surface area (Å²) in [5, 5.41) is 0. The first-order valence-corrected chi connectivity index (χ1v) is 8.67. The van der Waals surface area contributed by atoms with Crippen molar-refractivity contribution in [2.45, 2.75) is 27.2 Å². The Balaban J connectivity index is 2.07. The van der Waals surface area contributed by atoms with Crippen molar-refractivity contribution in [1.29, 1.82) is 0 Å². The van der Waals surface area contributed by atoms with Gasteiger partial charge in [0.25, 0.3) is 5.91 Å². The Kier molecular flexibility index (Phi) is 6.28. The van der Waals surface area contributed by atoms with Crippen LogP contribution in [0.25, 0.3) is 0 Å². The third-order valence-corrected chi connectivity index (χ3v) is 4.46. The fourth-order valence-corrected chi connectivity index (χ4v) is 3.02. The standard InChI is InChI=1S/C19H28N2O4/c1-13(2)10-18(22)20-6-8-21(9-7-20)19(23)15-12-17(25-5)16(24-4)11-14(15)3/h11-13H,6-10H2,1-5H3. The van der Waals surface area contributed by atoms with Crippen LogP contribution >= 0.6 is 0 Å². The van der Waals surface area contributed by atoms with Crippen LogP contribution in [0.15, 0.2) is 12.1 Å². The molecular formula is C19H28N2O4. The van der Waals surface area contributed by atoms with Gasteiger partial charge < -0.3 is 19.3 Å². The molecule has 1 aliphatic rings. The van der Waals surface area contributed by atoms with E-state index in [2.05, 4.69) is 0 Å². The lowest BCUT2D eigenvalue weighted by molar-refractivity contribution is -0.133. The molecule has 0 unspecified atom stereocenters. The number of amides is 2. The molecule has 1 aliphatic heterocycles. The number of carbonyl (C=O) groups is 2. The number of benzene rings is 1. The zero-order valence-electron chi connectivity index (χ0n) is 15.8. The minimum absolute atomic E-state index is 0.0330. The van der Waals surface area contributed by atoms with Gasteiger partial charge in [0.05, 0.1) is 14.2 Å². The van der Waals surface area contributed by atoms with E-state index in [0.29, 0.717) is 55.6 Å². The number of nitrogens with zero attached hydrogens (tertiary/aromatic N) is 2. The lowest BCUT2D eigenvalue weighted by Gasteiger charge is -2.35. The number of aryl methyl sites for hydroxylation is 1. The van der Waals surface area contributed by atoms with Crippen LogP contribution in [-0.2, 0) is 4.79 Å². The lowest BCUT2D eigenvalue weighted by atomic mass is 10.1. The van der Waals surface area contributed by atoms with Crippen molar-refractivity contribution in [2.24, 2.45) is 5.92 Å². The van der Waals surface area contributed by atoms with Crippen LogP contribution in [0.4, 0.5) is 0 Å². The second-order valence-corrected chi connectivity index (χ2v) is 6.79. The number of hydrogen-bond donors (Lipinski definition) is 0. The zero-order valence-corrected chi connectivity index (χ0v) is 15.8. The second kappa shape index (κ2) is 8.23. The van der Waals surface area contributed by atoms with E-state index in [1.165, 1.54) is 0 Å². The third-order valence-electron chi connectivity index (χ3n) is 4.46. The SMILES string of the molecule is COc1cc(C)c(C(=O)N2CCN(C(=O)CC(C)C)CC2)cc1OC. The van der Waals surface area contributed by atoms with Gasteiger partial charge in [-0.15, -0.1) is 0 Å². The van der Waals surface area contributed by atoms with E-state index < -0.39 is 0 Å². The predicted molar refractivity (Wildman–Crippen MR) is 96.2 cm³/mol. The van der Waals surface area contributed by atoms with E-state index >= 15 is 0 Å². The number of hydrogen-bond acceptors (Lipinski definition) is 4. The van der Waals surface area contributed by atoms with E-state index in [4.69, 9.17) is 9.47 Å². The van der Waals surface area contributed by atoms with Crippen LogP contribution in [0.3, 0.4) is 0 Å². The highest BCUT2D eigenvalue weighted by atomic mass is 16.5. The quantitative estimate of drug-likeness (QED) is 0.819. The molecule has 0 bridgehead atoms. The Bertz CT molecular complexity index is 635. The van der Waals surface area contributed by atoms with Gasteiger partial charge in [-0.1, -0.05) is 13.8 Å². The summed E-state index contributed by atoms with van der Waals surface area (Å²) in [4.78, 5) is 28.7. The average Bonchev–Trinajstić information content (AvgIpc) is 2.60. The van der Waals surface area contributed by atoms with E-state index in [1.54, 1.807) is 25.2 Å². The van der Waals surface area contributed by atoms with Crippen molar-refractivity contribution in [3.05, 3.63) is 23.3 Å². The summed E-state index contributed by atoms with van der Waals surface area (Å²) in [6, 6.07) is 3.54. The first-order valence-electron chi connectivity index (χ1n) is 8.67. The van der Waals surface area contributed by atoms with Gasteiger partial charge in [0, 0.05) is 38.2 Å². The number of ether oxygens (including phenoxy) is 2. The van der Waals surface area contributed by atoms with Crippen LogP contribution < -0.4 is 9.47 Å². The number of rotatable bonds is 5. The summed E-state index contributed by atoms with van der Waals surface area (Å²) in [7, 11) is 3.13. The fourth-order valence-electron chi connectivity index (χ4n) is 3.02. The molecule has 1 fully saturated rings. The maximum Gasteiger partial charge on any atom is 0.254 e. The van der Waals surface area contributed by atoms with Gasteiger partial charge in [-0.2, -0.15) is 0 Å². The zero-order chi connectivity index (χ0) is 18.6. The van der Waals surface area contributed by atoms with Crippen molar-refractivity contribution >= 4 is 11.8 Å². The first kappa shape index (κ1) is 19.1. The molecule has 0 saturated carbocycles. The van der Waals surface area contributed by atoms with Crippen LogP contribution in [-0.4, -0.2) is 62.0 Å². The van der Waals surface area contributed by atoms with Gasteiger partial charge in [0.2, 0.25) is 5.91 Å². The largest absolute Gasteiger partial charge is 0.493 e. The maximum absolute atomic E-state index is 12.9. The summed E-state index contributed by atoms with van der Waals surface area (Å²) in [6.45, 7) is 8.24. The highest BCUT2D eigenvalue weighted by Crippen LogP contribution is 2.31. The van der Waals surface area contributed by atoms with Gasteiger partial charge in [0.1, 0.15) is 0 Å². The molecule has 0 N–H and O–H groups in total. The molecule has 6 nitrogen and oxygen atoms in total. The Morgan fingerprint density at radius 1 is 1.00 bits per heavy atom. The van der Waals surface area contributed by atoms with E-state index in [1.807, 2.05) is 31.7 Å². The molecule has 2 amide bonds. The van der Waals surface area contributed by atoms with Crippen molar-refractivity contribution in [3.8, 4) is 11.5 Å². The molecule has 0 aromatic heterocycles. The molecular weight excluding hydrogens is 320 g/mol. The van der Waals surface area contributed by atoms with Gasteiger partial charge >= 0.3 is 0 Å². The number of piperazine rings is 1. The van der Waals surface area contributed by atoms with Gasteiger partial charge in [-0.25, -0.2) is 0 Å². The van der Waals surface area contributed by atoms with Gasteiger partial charge in [0.15, 0.2) is 11.5 Å². The van der Waals surface area contributed by atoms with Crippen LogP contribution in [0.5, 0.6) is 11.5 Å². The molecule has 138 valence electrons. The number of carbonyl (C=O) groups excluding carboxylic acids is 2. The minimum atomic E-state index is -0.0330. The van der Waals surface area contributed by atoms with Crippen molar-refractivity contribution < 1.29 is 19.1 Å². The van der Waals surface area contributed by atoms with Crippen molar-refractivity contribution in [3.63, 3.8) is 0 Å². The normalized spacial score (nSPS) is 14.6. The Morgan fingerprint density at radius 3 is 2.04 bits per heavy atom. The minimum Gasteiger partial charge on any atom is -0.493 e. The monoisotopic (exact) mass is 348 g/mol. The molecule has 2 rings (SSSR count). The summed E-state index contributed by atoms with van der Waals surface area (Å²) < 4.78 is 10.6. The molecule has 0 atom stereocenters.